The van der Waals surface area contributed by atoms with E-state index in [0.717, 1.165) is 30.4 Å². The molecule has 0 N–H and O–H groups in total. The minimum atomic E-state index is -0.933. The fourth-order valence-electron chi connectivity index (χ4n) is 5.33. The third-order valence-electron chi connectivity index (χ3n) is 7.89. The number of aryl methyl sites for hydroxylation is 1. The maximum absolute atomic E-state index is 14.5. The largest absolute Gasteiger partial charge is 0.493 e. The topological polar surface area (TPSA) is 98.3 Å². The van der Waals surface area contributed by atoms with Gasteiger partial charge in [-0.1, -0.05) is 60.7 Å². The van der Waals surface area contributed by atoms with E-state index < -0.39 is 17.7 Å². The maximum atomic E-state index is 14.5. The first-order chi connectivity index (χ1) is 22.4. The second kappa shape index (κ2) is 16.8. The smallest absolute Gasteiger partial charge is 0.295 e. The van der Waals surface area contributed by atoms with E-state index in [-0.39, 0.29) is 29.4 Å². The van der Waals surface area contributed by atoms with Gasteiger partial charge in [0.15, 0.2) is 11.5 Å². The Labute approximate surface area is 270 Å². The van der Waals surface area contributed by atoms with Crippen LogP contribution in [0.5, 0.6) is 17.2 Å². The molecule has 0 saturated carbocycles. The van der Waals surface area contributed by atoms with Crippen molar-refractivity contribution in [1.82, 2.24) is 14.8 Å². The van der Waals surface area contributed by atoms with Crippen molar-refractivity contribution in [3.63, 3.8) is 0 Å². The summed E-state index contributed by atoms with van der Waals surface area (Å²) in [4.78, 5) is 49.1. The van der Waals surface area contributed by atoms with Crippen molar-refractivity contribution in [3.8, 4) is 17.2 Å². The quantitative estimate of drug-likeness (QED) is 0.0935. The average Bonchev–Trinajstić information content (AvgIpc) is 3.11. The van der Waals surface area contributed by atoms with Crippen LogP contribution < -0.4 is 14.2 Å². The lowest BCUT2D eigenvalue weighted by Gasteiger charge is -2.33. The summed E-state index contributed by atoms with van der Waals surface area (Å²) in [5, 5.41) is 0. The van der Waals surface area contributed by atoms with Gasteiger partial charge in [-0.05, 0) is 60.2 Å². The number of benzene rings is 3. The zero-order chi connectivity index (χ0) is 32.9. The number of unbranched alkanes of at least 4 members (excludes halogenated alkanes) is 1. The van der Waals surface area contributed by atoms with E-state index >= 15 is 0 Å². The van der Waals surface area contributed by atoms with E-state index in [0.29, 0.717) is 18.8 Å². The number of nitrogens with zero attached hydrogens (tertiary/aromatic N) is 3. The second-order valence-corrected chi connectivity index (χ2v) is 10.9. The average molecular weight is 624 g/mol. The van der Waals surface area contributed by atoms with E-state index in [2.05, 4.69) is 17.1 Å². The summed E-state index contributed by atoms with van der Waals surface area (Å²) in [6, 6.07) is 25.4. The minimum absolute atomic E-state index is 0.0619. The Bertz CT molecular complexity index is 1560. The van der Waals surface area contributed by atoms with Gasteiger partial charge in [0.1, 0.15) is 6.04 Å². The molecule has 240 valence electrons. The summed E-state index contributed by atoms with van der Waals surface area (Å²) < 4.78 is 16.1. The number of pyridine rings is 1. The molecule has 4 aromatic rings. The Morgan fingerprint density at radius 3 is 1.89 bits per heavy atom. The van der Waals surface area contributed by atoms with Crippen LogP contribution in [0.25, 0.3) is 0 Å². The molecule has 0 spiro atoms. The van der Waals surface area contributed by atoms with Gasteiger partial charge in [-0.25, -0.2) is 0 Å². The lowest BCUT2D eigenvalue weighted by molar-refractivity contribution is -0.143. The molecule has 4 rings (SSSR count). The monoisotopic (exact) mass is 623 g/mol. The van der Waals surface area contributed by atoms with Gasteiger partial charge in [-0.3, -0.25) is 19.4 Å². The zero-order valence-electron chi connectivity index (χ0n) is 26.8. The number of carbonyl (C=O) groups excluding carboxylic acids is 3. The summed E-state index contributed by atoms with van der Waals surface area (Å²) in [5.74, 6) is -1.06. The van der Waals surface area contributed by atoms with Crippen molar-refractivity contribution < 1.29 is 28.6 Å². The van der Waals surface area contributed by atoms with E-state index in [9.17, 15) is 14.4 Å². The molecule has 3 aromatic carbocycles. The second-order valence-electron chi connectivity index (χ2n) is 10.9. The van der Waals surface area contributed by atoms with Crippen molar-refractivity contribution in [3.05, 3.63) is 120 Å². The number of rotatable bonds is 16. The molecule has 0 aliphatic rings. The van der Waals surface area contributed by atoms with Gasteiger partial charge in [0.05, 0.1) is 21.3 Å². The molecule has 1 unspecified atom stereocenters. The number of ketones is 1. The van der Waals surface area contributed by atoms with Gasteiger partial charge in [0.25, 0.3) is 11.7 Å². The van der Waals surface area contributed by atoms with Gasteiger partial charge in [-0.15, -0.1) is 0 Å². The highest BCUT2D eigenvalue weighted by Crippen LogP contribution is 2.38. The fraction of sp³-hybridized carbons (Fsp3) is 0.297. The predicted molar refractivity (Wildman–Crippen MR) is 176 cm³/mol. The summed E-state index contributed by atoms with van der Waals surface area (Å²) in [6.07, 6.45) is 6.18. The molecule has 0 aliphatic carbocycles. The number of likely N-dealkylation sites (N-methyl/N-ethyl adjacent to an activating group) is 1. The molecule has 0 fully saturated rings. The third kappa shape index (κ3) is 8.72. The number of carbonyl (C=O) groups is 3. The normalized spacial score (nSPS) is 11.3. The standard InChI is InChI=1S/C37H41N3O6/c1-39(37(43)34(41)30-24-32(44-2)35(46-4)33(25-30)45-3)31(23-28-16-9-6-10-17-28)36(42)40(26-29-18-20-38-21-19-29)22-12-11-15-27-13-7-5-8-14-27/h5-10,13-14,16-21,24-25,31H,11-12,15,22-23,26H2,1-4H3. The van der Waals surface area contributed by atoms with E-state index in [1.807, 2.05) is 60.7 Å². The van der Waals surface area contributed by atoms with Crippen LogP contribution >= 0.6 is 0 Å². The van der Waals surface area contributed by atoms with Crippen molar-refractivity contribution in [1.29, 1.82) is 0 Å². The van der Waals surface area contributed by atoms with Crippen LogP contribution in [0.15, 0.2) is 97.3 Å². The van der Waals surface area contributed by atoms with Gasteiger partial charge in [-0.2, -0.15) is 0 Å². The molecule has 2 amide bonds. The van der Waals surface area contributed by atoms with Crippen LogP contribution in [0, 0.1) is 0 Å². The van der Waals surface area contributed by atoms with Gasteiger partial charge in [0.2, 0.25) is 11.7 Å². The van der Waals surface area contributed by atoms with E-state index in [1.54, 1.807) is 17.3 Å². The highest BCUT2D eigenvalue weighted by molar-refractivity contribution is 6.43. The number of hydrogen-bond donors (Lipinski definition) is 0. The number of Topliss-reactive ketones (excluding diaryl/α,β-unsaturated/α-hetero) is 1. The molecule has 1 heterocycles. The molecule has 46 heavy (non-hydrogen) atoms. The Balaban J connectivity index is 1.61. The number of amides is 2. The Kier molecular flexibility index (Phi) is 12.3. The Morgan fingerprint density at radius 1 is 0.739 bits per heavy atom. The van der Waals surface area contributed by atoms with E-state index in [4.69, 9.17) is 14.2 Å². The molecule has 0 bridgehead atoms. The van der Waals surface area contributed by atoms with Crippen molar-refractivity contribution >= 4 is 17.6 Å². The molecule has 0 radical (unpaired) electrons. The Morgan fingerprint density at radius 2 is 1.33 bits per heavy atom. The van der Waals surface area contributed by atoms with Crippen LogP contribution in [-0.4, -0.2) is 73.3 Å². The van der Waals surface area contributed by atoms with Crippen LogP contribution in [-0.2, 0) is 29.0 Å². The van der Waals surface area contributed by atoms with Crippen molar-refractivity contribution in [2.24, 2.45) is 0 Å². The first-order valence-electron chi connectivity index (χ1n) is 15.2. The molecule has 9 nitrogen and oxygen atoms in total. The SMILES string of the molecule is COc1cc(C(=O)C(=O)N(C)C(Cc2ccccc2)C(=O)N(CCCCc2ccccc2)Cc2ccncc2)cc(OC)c1OC. The highest BCUT2D eigenvalue weighted by atomic mass is 16.5. The van der Waals surface area contributed by atoms with Gasteiger partial charge < -0.3 is 24.0 Å². The number of methoxy groups -OCH3 is 3. The molecule has 0 saturated heterocycles. The van der Waals surface area contributed by atoms with Gasteiger partial charge >= 0.3 is 0 Å². The van der Waals surface area contributed by atoms with Crippen LogP contribution in [0.2, 0.25) is 0 Å². The first kappa shape index (κ1) is 33.7. The first-order valence-corrected chi connectivity index (χ1v) is 15.2. The fourth-order valence-corrected chi connectivity index (χ4v) is 5.33. The highest BCUT2D eigenvalue weighted by Gasteiger charge is 2.34. The maximum Gasteiger partial charge on any atom is 0.295 e. The lowest BCUT2D eigenvalue weighted by atomic mass is 10.0. The summed E-state index contributed by atoms with van der Waals surface area (Å²) in [5.41, 5.74) is 3.10. The van der Waals surface area contributed by atoms with E-state index in [1.165, 1.54) is 51.0 Å². The summed E-state index contributed by atoms with van der Waals surface area (Å²) in [6.45, 7) is 0.836. The molecule has 1 aromatic heterocycles. The molecule has 0 aliphatic heterocycles. The molecular weight excluding hydrogens is 582 g/mol. The number of ether oxygens (including phenoxy) is 3. The van der Waals surface area contributed by atoms with Crippen LogP contribution in [0.1, 0.15) is 39.9 Å². The predicted octanol–water partition coefficient (Wildman–Crippen LogP) is 5.41. The van der Waals surface area contributed by atoms with Crippen molar-refractivity contribution in [2.75, 3.05) is 34.9 Å². The summed E-state index contributed by atoms with van der Waals surface area (Å²) in [7, 11) is 5.83. The number of aromatic nitrogens is 1. The Hall–Kier alpha value is -5.18. The molecule has 1 atom stereocenters. The lowest BCUT2D eigenvalue weighted by Crippen LogP contribution is -2.52. The van der Waals surface area contributed by atoms with Crippen LogP contribution in [0.3, 0.4) is 0 Å². The van der Waals surface area contributed by atoms with Gasteiger partial charge in [0, 0.05) is 44.5 Å². The number of hydrogen-bond acceptors (Lipinski definition) is 7. The zero-order valence-corrected chi connectivity index (χ0v) is 26.8. The molecule has 9 heteroatoms. The van der Waals surface area contributed by atoms with Crippen LogP contribution in [0.4, 0.5) is 0 Å². The third-order valence-corrected chi connectivity index (χ3v) is 7.89. The van der Waals surface area contributed by atoms with Crippen molar-refractivity contribution in [2.45, 2.75) is 38.3 Å². The summed E-state index contributed by atoms with van der Waals surface area (Å²) >= 11 is 0. The minimum Gasteiger partial charge on any atom is -0.493 e. The molecular formula is C37H41N3O6.